The molecule has 0 spiro atoms. The average Bonchev–Trinajstić information content (AvgIpc) is 2.57. The van der Waals surface area contributed by atoms with Crippen LogP contribution in [-0.2, 0) is 6.42 Å². The molecular weight excluding hydrogens is 206 g/mol. The van der Waals surface area contributed by atoms with Crippen molar-refractivity contribution in [2.75, 3.05) is 33.7 Å². The zero-order chi connectivity index (χ0) is 11.1. The van der Waals surface area contributed by atoms with Crippen LogP contribution in [0.25, 0.3) is 0 Å². The van der Waals surface area contributed by atoms with Gasteiger partial charge in [-0.25, -0.2) is 4.98 Å². The molecule has 0 aliphatic heterocycles. The van der Waals surface area contributed by atoms with Gasteiger partial charge < -0.3 is 10.2 Å². The highest BCUT2D eigenvalue weighted by Gasteiger charge is 1.97. The third kappa shape index (κ3) is 5.87. The van der Waals surface area contributed by atoms with E-state index in [-0.39, 0.29) is 0 Å². The van der Waals surface area contributed by atoms with E-state index in [2.05, 4.69) is 41.6 Å². The first kappa shape index (κ1) is 12.6. The second-order valence-corrected chi connectivity index (χ2v) is 5.08. The van der Waals surface area contributed by atoms with Crippen LogP contribution in [0.4, 0.5) is 0 Å². The highest BCUT2D eigenvalue weighted by Crippen LogP contribution is 2.07. The van der Waals surface area contributed by atoms with E-state index in [0.29, 0.717) is 0 Å². The molecule has 0 amide bonds. The molecule has 0 unspecified atom stereocenters. The molecule has 0 radical (unpaired) electrons. The number of aromatic nitrogens is 1. The van der Waals surface area contributed by atoms with Crippen molar-refractivity contribution in [3.05, 3.63) is 16.1 Å². The van der Waals surface area contributed by atoms with E-state index in [9.17, 15) is 0 Å². The van der Waals surface area contributed by atoms with E-state index in [1.54, 1.807) is 11.3 Å². The van der Waals surface area contributed by atoms with Gasteiger partial charge in [0.15, 0.2) is 0 Å². The molecule has 3 nitrogen and oxygen atoms in total. The average molecular weight is 227 g/mol. The number of nitrogens with zero attached hydrogens (tertiary/aromatic N) is 2. The standard InChI is InChI=1S/C11H21N3S/c1-10-13-11(9-15-10)5-7-12-6-4-8-14(2)3/h9,12H,4-8H2,1-3H3. The molecule has 1 aromatic rings. The first-order valence-corrected chi connectivity index (χ1v) is 6.33. The molecule has 0 aliphatic carbocycles. The maximum atomic E-state index is 4.43. The Hall–Kier alpha value is -0.450. The second kappa shape index (κ2) is 6.93. The zero-order valence-electron chi connectivity index (χ0n) is 9.92. The molecule has 1 heterocycles. The van der Waals surface area contributed by atoms with Gasteiger partial charge in [0.1, 0.15) is 0 Å². The highest BCUT2D eigenvalue weighted by atomic mass is 32.1. The van der Waals surface area contributed by atoms with Gasteiger partial charge in [0.2, 0.25) is 0 Å². The van der Waals surface area contributed by atoms with Crippen molar-refractivity contribution < 1.29 is 0 Å². The van der Waals surface area contributed by atoms with Gasteiger partial charge in [-0.2, -0.15) is 0 Å². The first-order chi connectivity index (χ1) is 7.18. The predicted molar refractivity (Wildman–Crippen MR) is 66.6 cm³/mol. The van der Waals surface area contributed by atoms with Gasteiger partial charge in [0, 0.05) is 18.3 Å². The van der Waals surface area contributed by atoms with Crippen LogP contribution in [0.2, 0.25) is 0 Å². The van der Waals surface area contributed by atoms with Crippen molar-refractivity contribution in [2.24, 2.45) is 0 Å². The maximum Gasteiger partial charge on any atom is 0.0897 e. The van der Waals surface area contributed by atoms with Crippen molar-refractivity contribution in [1.82, 2.24) is 15.2 Å². The van der Waals surface area contributed by atoms with Gasteiger partial charge >= 0.3 is 0 Å². The fraction of sp³-hybridized carbons (Fsp3) is 0.727. The molecule has 4 heteroatoms. The van der Waals surface area contributed by atoms with Crippen LogP contribution in [0.5, 0.6) is 0 Å². The van der Waals surface area contributed by atoms with Crippen molar-refractivity contribution in [1.29, 1.82) is 0 Å². The topological polar surface area (TPSA) is 28.2 Å². The first-order valence-electron chi connectivity index (χ1n) is 5.45. The van der Waals surface area contributed by atoms with Gasteiger partial charge in [-0.3, -0.25) is 0 Å². The summed E-state index contributed by atoms with van der Waals surface area (Å²) in [6.45, 7) is 5.35. The van der Waals surface area contributed by atoms with Gasteiger partial charge in [-0.05, 0) is 40.5 Å². The molecule has 86 valence electrons. The van der Waals surface area contributed by atoms with Crippen LogP contribution < -0.4 is 5.32 Å². The molecule has 1 aromatic heterocycles. The second-order valence-electron chi connectivity index (χ2n) is 4.01. The van der Waals surface area contributed by atoms with Crippen LogP contribution >= 0.6 is 11.3 Å². The van der Waals surface area contributed by atoms with Crippen LogP contribution in [0, 0.1) is 6.92 Å². The van der Waals surface area contributed by atoms with Gasteiger partial charge in [-0.15, -0.1) is 11.3 Å². The summed E-state index contributed by atoms with van der Waals surface area (Å²) in [6.07, 6.45) is 2.26. The minimum Gasteiger partial charge on any atom is -0.316 e. The molecule has 0 aliphatic rings. The van der Waals surface area contributed by atoms with Crippen LogP contribution in [-0.4, -0.2) is 43.6 Å². The lowest BCUT2D eigenvalue weighted by atomic mass is 10.3. The number of aryl methyl sites for hydroxylation is 1. The number of hydrogen-bond donors (Lipinski definition) is 1. The molecule has 0 bridgehead atoms. The molecule has 15 heavy (non-hydrogen) atoms. The lowest BCUT2D eigenvalue weighted by Gasteiger charge is -2.09. The summed E-state index contributed by atoms with van der Waals surface area (Å²) < 4.78 is 0. The minimum atomic E-state index is 1.04. The Morgan fingerprint density at radius 3 is 2.80 bits per heavy atom. The van der Waals surface area contributed by atoms with E-state index in [1.807, 2.05) is 0 Å². The molecule has 0 saturated heterocycles. The Morgan fingerprint density at radius 2 is 2.20 bits per heavy atom. The quantitative estimate of drug-likeness (QED) is 0.716. The summed E-state index contributed by atoms with van der Waals surface area (Å²) in [4.78, 5) is 6.64. The Bertz CT molecular complexity index is 271. The van der Waals surface area contributed by atoms with Gasteiger partial charge in [-0.1, -0.05) is 0 Å². The minimum absolute atomic E-state index is 1.04. The van der Waals surface area contributed by atoms with Crippen LogP contribution in [0.3, 0.4) is 0 Å². The molecule has 1 N–H and O–H groups in total. The molecular formula is C11H21N3S. The Balaban J connectivity index is 1.98. The predicted octanol–water partition coefficient (Wildman–Crippen LogP) is 1.54. The van der Waals surface area contributed by atoms with Crippen molar-refractivity contribution in [3.63, 3.8) is 0 Å². The van der Waals surface area contributed by atoms with Crippen molar-refractivity contribution >= 4 is 11.3 Å². The Morgan fingerprint density at radius 1 is 1.40 bits per heavy atom. The summed E-state index contributed by atoms with van der Waals surface area (Å²) in [5.74, 6) is 0. The van der Waals surface area contributed by atoms with E-state index < -0.39 is 0 Å². The summed E-state index contributed by atoms with van der Waals surface area (Å²) in [5.41, 5.74) is 1.22. The normalized spacial score (nSPS) is 11.2. The van der Waals surface area contributed by atoms with E-state index in [1.165, 1.54) is 12.1 Å². The third-order valence-electron chi connectivity index (χ3n) is 2.18. The Kier molecular flexibility index (Phi) is 5.83. The fourth-order valence-electron chi connectivity index (χ4n) is 1.38. The van der Waals surface area contributed by atoms with Crippen LogP contribution in [0.1, 0.15) is 17.1 Å². The van der Waals surface area contributed by atoms with Gasteiger partial charge in [0.05, 0.1) is 10.7 Å². The fourth-order valence-corrected chi connectivity index (χ4v) is 2.03. The van der Waals surface area contributed by atoms with E-state index >= 15 is 0 Å². The number of thiazole rings is 1. The number of rotatable bonds is 7. The summed E-state index contributed by atoms with van der Waals surface area (Å²) in [5, 5.41) is 6.75. The van der Waals surface area contributed by atoms with E-state index in [4.69, 9.17) is 0 Å². The summed E-state index contributed by atoms with van der Waals surface area (Å²) in [6, 6.07) is 0. The molecule has 0 aromatic carbocycles. The van der Waals surface area contributed by atoms with E-state index in [0.717, 1.165) is 31.1 Å². The molecule has 0 fully saturated rings. The maximum absolute atomic E-state index is 4.43. The third-order valence-corrected chi connectivity index (χ3v) is 3.01. The summed E-state index contributed by atoms with van der Waals surface area (Å²) >= 11 is 1.73. The monoisotopic (exact) mass is 227 g/mol. The lowest BCUT2D eigenvalue weighted by molar-refractivity contribution is 0.395. The summed E-state index contributed by atoms with van der Waals surface area (Å²) in [7, 11) is 4.22. The zero-order valence-corrected chi connectivity index (χ0v) is 10.7. The van der Waals surface area contributed by atoms with Crippen LogP contribution in [0.15, 0.2) is 5.38 Å². The molecule has 1 rings (SSSR count). The SMILES string of the molecule is Cc1nc(CCNCCCN(C)C)cs1. The lowest BCUT2D eigenvalue weighted by Crippen LogP contribution is -2.23. The largest absolute Gasteiger partial charge is 0.316 e. The Labute approximate surface area is 96.5 Å². The molecule has 0 atom stereocenters. The van der Waals surface area contributed by atoms with Gasteiger partial charge in [0.25, 0.3) is 0 Å². The van der Waals surface area contributed by atoms with Crippen molar-refractivity contribution in [2.45, 2.75) is 19.8 Å². The molecule has 0 saturated carbocycles. The number of hydrogen-bond acceptors (Lipinski definition) is 4. The highest BCUT2D eigenvalue weighted by molar-refractivity contribution is 7.09. The smallest absolute Gasteiger partial charge is 0.0897 e. The van der Waals surface area contributed by atoms with Crippen molar-refractivity contribution in [3.8, 4) is 0 Å². The number of nitrogens with one attached hydrogen (secondary N) is 1.